The van der Waals surface area contributed by atoms with Crippen LogP contribution in [0.25, 0.3) is 0 Å². The molecule has 0 bridgehead atoms. The Morgan fingerprint density at radius 1 is 1.21 bits per heavy atom. The first-order valence-electron chi connectivity index (χ1n) is 10.4. The van der Waals surface area contributed by atoms with Crippen LogP contribution < -0.4 is 4.74 Å². The first-order chi connectivity index (χ1) is 14.1. The molecule has 1 amide bonds. The minimum absolute atomic E-state index is 0.0645. The number of nitrogens with zero attached hydrogens (tertiary/aromatic N) is 1. The molecule has 2 aromatic rings. The van der Waals surface area contributed by atoms with Gasteiger partial charge in [-0.2, -0.15) is 0 Å². The van der Waals surface area contributed by atoms with Crippen LogP contribution in [-0.4, -0.2) is 43.2 Å². The second-order valence-corrected chi connectivity index (χ2v) is 8.25. The van der Waals surface area contributed by atoms with Crippen LogP contribution in [0, 0.1) is 11.7 Å². The number of carbonyl (C=O) groups excluding carboxylic acids is 1. The van der Waals surface area contributed by atoms with Gasteiger partial charge >= 0.3 is 0 Å². The summed E-state index contributed by atoms with van der Waals surface area (Å²) in [6.45, 7) is 2.15. The van der Waals surface area contributed by atoms with Crippen molar-refractivity contribution < 1.29 is 18.7 Å². The van der Waals surface area contributed by atoms with Crippen molar-refractivity contribution in [2.24, 2.45) is 5.92 Å². The lowest BCUT2D eigenvalue weighted by Gasteiger charge is -2.46. The molecule has 29 heavy (non-hydrogen) atoms. The minimum atomic E-state index is -0.172. The molecule has 2 aromatic carbocycles. The zero-order valence-electron chi connectivity index (χ0n) is 16.9. The van der Waals surface area contributed by atoms with Gasteiger partial charge in [0.15, 0.2) is 0 Å². The maximum Gasteiger partial charge on any atom is 0.253 e. The SMILES string of the molecule is COc1ccc(C(=O)N2CCC3(CC2)C[C@@H](Cc2cccc(F)c2)CCO3)cc1. The van der Waals surface area contributed by atoms with E-state index in [9.17, 15) is 9.18 Å². The lowest BCUT2D eigenvalue weighted by atomic mass is 9.77. The highest BCUT2D eigenvalue weighted by molar-refractivity contribution is 5.94. The predicted octanol–water partition coefficient (Wildman–Crippen LogP) is 4.48. The Morgan fingerprint density at radius 2 is 1.97 bits per heavy atom. The number of halogens is 1. The van der Waals surface area contributed by atoms with Gasteiger partial charge in [-0.15, -0.1) is 0 Å². The standard InChI is InChI=1S/C24H28FNO3/c1-28-22-7-5-20(6-8-22)23(27)26-12-10-24(11-13-26)17-19(9-14-29-24)15-18-3-2-4-21(25)16-18/h2-8,16,19H,9-15,17H2,1H3/t19-/m1/s1. The predicted molar refractivity (Wildman–Crippen MR) is 110 cm³/mol. The first kappa shape index (κ1) is 19.9. The van der Waals surface area contributed by atoms with Crippen molar-refractivity contribution in [1.29, 1.82) is 0 Å². The lowest BCUT2D eigenvalue weighted by Crippen LogP contribution is -2.51. The largest absolute Gasteiger partial charge is 0.497 e. The summed E-state index contributed by atoms with van der Waals surface area (Å²) in [5.74, 6) is 1.14. The van der Waals surface area contributed by atoms with E-state index in [4.69, 9.17) is 9.47 Å². The van der Waals surface area contributed by atoms with Crippen molar-refractivity contribution in [1.82, 2.24) is 4.90 Å². The van der Waals surface area contributed by atoms with Gasteiger partial charge in [0, 0.05) is 25.3 Å². The van der Waals surface area contributed by atoms with Gasteiger partial charge in [0.1, 0.15) is 11.6 Å². The number of piperidine rings is 1. The highest BCUT2D eigenvalue weighted by Gasteiger charge is 2.41. The van der Waals surface area contributed by atoms with Gasteiger partial charge in [-0.1, -0.05) is 12.1 Å². The number of hydrogen-bond acceptors (Lipinski definition) is 3. The second-order valence-electron chi connectivity index (χ2n) is 8.25. The molecule has 2 saturated heterocycles. The van der Waals surface area contributed by atoms with Crippen molar-refractivity contribution in [3.63, 3.8) is 0 Å². The summed E-state index contributed by atoms with van der Waals surface area (Å²) in [5.41, 5.74) is 1.60. The third kappa shape index (κ3) is 4.61. The van der Waals surface area contributed by atoms with E-state index in [1.165, 1.54) is 6.07 Å². The van der Waals surface area contributed by atoms with E-state index in [2.05, 4.69) is 0 Å². The van der Waals surface area contributed by atoms with E-state index in [-0.39, 0.29) is 17.3 Å². The first-order valence-corrected chi connectivity index (χ1v) is 10.4. The Bertz CT molecular complexity index is 843. The number of likely N-dealkylation sites (tertiary alicyclic amines) is 1. The van der Waals surface area contributed by atoms with Crippen LogP contribution in [0.15, 0.2) is 48.5 Å². The fraction of sp³-hybridized carbons (Fsp3) is 0.458. The van der Waals surface area contributed by atoms with Crippen molar-refractivity contribution >= 4 is 5.91 Å². The van der Waals surface area contributed by atoms with E-state index in [0.717, 1.165) is 50.0 Å². The second kappa shape index (κ2) is 8.54. The van der Waals surface area contributed by atoms with Crippen molar-refractivity contribution in [3.8, 4) is 5.75 Å². The maximum absolute atomic E-state index is 13.5. The molecule has 4 nitrogen and oxygen atoms in total. The smallest absolute Gasteiger partial charge is 0.253 e. The van der Waals surface area contributed by atoms with Crippen LogP contribution >= 0.6 is 0 Å². The average molecular weight is 397 g/mol. The van der Waals surface area contributed by atoms with Gasteiger partial charge in [-0.25, -0.2) is 4.39 Å². The highest BCUT2D eigenvalue weighted by atomic mass is 19.1. The van der Waals surface area contributed by atoms with Gasteiger partial charge in [-0.3, -0.25) is 4.79 Å². The number of methoxy groups -OCH3 is 1. The Hall–Kier alpha value is -2.40. The van der Waals surface area contributed by atoms with Crippen LogP contribution in [0.5, 0.6) is 5.75 Å². The molecule has 5 heteroatoms. The van der Waals surface area contributed by atoms with Gasteiger partial charge < -0.3 is 14.4 Å². The molecule has 0 N–H and O–H groups in total. The molecule has 2 heterocycles. The van der Waals surface area contributed by atoms with E-state index in [1.54, 1.807) is 19.2 Å². The number of amides is 1. The van der Waals surface area contributed by atoms with Gasteiger partial charge in [0.25, 0.3) is 5.91 Å². The van der Waals surface area contributed by atoms with Crippen molar-refractivity contribution in [3.05, 3.63) is 65.5 Å². The van der Waals surface area contributed by atoms with E-state index < -0.39 is 0 Å². The van der Waals surface area contributed by atoms with Crippen LogP contribution in [-0.2, 0) is 11.2 Å². The summed E-state index contributed by atoms with van der Waals surface area (Å²) < 4.78 is 24.9. The summed E-state index contributed by atoms with van der Waals surface area (Å²) in [6, 6.07) is 14.2. The molecule has 0 saturated carbocycles. The molecule has 1 spiro atoms. The van der Waals surface area contributed by atoms with Gasteiger partial charge in [0.2, 0.25) is 0 Å². The summed E-state index contributed by atoms with van der Waals surface area (Å²) in [6.07, 6.45) is 4.58. The number of carbonyl (C=O) groups is 1. The molecule has 0 aromatic heterocycles. The molecule has 1 atom stereocenters. The molecule has 154 valence electrons. The molecular weight excluding hydrogens is 369 g/mol. The maximum atomic E-state index is 13.5. The van der Waals surface area contributed by atoms with Gasteiger partial charge in [0.05, 0.1) is 12.7 Å². The van der Waals surface area contributed by atoms with Crippen molar-refractivity contribution in [2.45, 2.75) is 37.7 Å². The average Bonchev–Trinajstić information content (AvgIpc) is 2.74. The summed E-state index contributed by atoms with van der Waals surface area (Å²) >= 11 is 0. The number of rotatable bonds is 4. The zero-order chi connectivity index (χ0) is 20.3. The third-order valence-corrected chi connectivity index (χ3v) is 6.31. The van der Waals surface area contributed by atoms with E-state index >= 15 is 0 Å². The molecule has 2 aliphatic heterocycles. The molecule has 4 rings (SSSR count). The number of ether oxygens (including phenoxy) is 2. The molecule has 0 unspecified atom stereocenters. The van der Waals surface area contributed by atoms with Crippen LogP contribution in [0.4, 0.5) is 4.39 Å². The summed E-state index contributed by atoms with van der Waals surface area (Å²) in [4.78, 5) is 14.7. The third-order valence-electron chi connectivity index (χ3n) is 6.31. The topological polar surface area (TPSA) is 38.8 Å². The quantitative estimate of drug-likeness (QED) is 0.764. The minimum Gasteiger partial charge on any atom is -0.497 e. The normalized spacial score (nSPS) is 21.2. The van der Waals surface area contributed by atoms with Crippen LogP contribution in [0.3, 0.4) is 0 Å². The molecule has 2 aliphatic rings. The summed E-state index contributed by atoms with van der Waals surface area (Å²) in [5, 5.41) is 0. The van der Waals surface area contributed by atoms with Gasteiger partial charge in [-0.05, 0) is 80.0 Å². The Kier molecular flexibility index (Phi) is 5.86. The number of hydrogen-bond donors (Lipinski definition) is 0. The molecule has 0 radical (unpaired) electrons. The van der Waals surface area contributed by atoms with Crippen LogP contribution in [0.1, 0.15) is 41.6 Å². The highest BCUT2D eigenvalue weighted by Crippen LogP contribution is 2.39. The fourth-order valence-electron chi connectivity index (χ4n) is 4.68. The number of benzene rings is 2. The Labute approximate surface area is 171 Å². The van der Waals surface area contributed by atoms with E-state index in [1.807, 2.05) is 35.2 Å². The molecular formula is C24H28FNO3. The van der Waals surface area contributed by atoms with E-state index in [0.29, 0.717) is 24.6 Å². The molecule has 0 aliphatic carbocycles. The Morgan fingerprint density at radius 3 is 2.66 bits per heavy atom. The summed E-state index contributed by atoms with van der Waals surface area (Å²) in [7, 11) is 1.62. The fourth-order valence-corrected chi connectivity index (χ4v) is 4.68. The lowest BCUT2D eigenvalue weighted by molar-refractivity contribution is -0.123. The Balaban J connectivity index is 1.35. The molecule has 2 fully saturated rings. The monoisotopic (exact) mass is 397 g/mol. The zero-order valence-corrected chi connectivity index (χ0v) is 16.9. The van der Waals surface area contributed by atoms with Crippen molar-refractivity contribution in [2.75, 3.05) is 26.8 Å². The van der Waals surface area contributed by atoms with Crippen LogP contribution in [0.2, 0.25) is 0 Å².